The summed E-state index contributed by atoms with van der Waals surface area (Å²) in [6.07, 6.45) is 5.87. The molecule has 2 aliphatic rings. The molecule has 0 aromatic heterocycles. The molecule has 4 rings (SSSR count). The van der Waals surface area contributed by atoms with Gasteiger partial charge in [-0.05, 0) is 73.9 Å². The van der Waals surface area contributed by atoms with Gasteiger partial charge in [0.25, 0.3) is 5.91 Å². The van der Waals surface area contributed by atoms with Gasteiger partial charge in [-0.1, -0.05) is 48.1 Å². The average Bonchev–Trinajstić information content (AvgIpc) is 3.26. The summed E-state index contributed by atoms with van der Waals surface area (Å²) < 4.78 is 18.3. The third-order valence-electron chi connectivity index (χ3n) is 7.12. The maximum Gasteiger partial charge on any atom is 0.323 e. The van der Waals surface area contributed by atoms with Crippen LogP contribution in [0.3, 0.4) is 0 Å². The molecule has 1 heterocycles. The molecule has 3 atom stereocenters. The summed E-state index contributed by atoms with van der Waals surface area (Å²) >= 11 is 0. The van der Waals surface area contributed by atoms with Gasteiger partial charge in [-0.3, -0.25) is 14.5 Å². The standard InChI is InChI=1S/C29H33FN2O3/c1-19(2)21-9-7-20(8-10-21)17-32-18-26(16-27(32)29(34)35-3)31-28(33)24-6-4-5-23(15-24)22-11-13-25(30)14-12-22/h4-7,11-15,21,26-27H,1,8-10,16-18H2,2-3H3,(H,31,33)/t21-,26-,27+/m1/s1. The van der Waals surface area contributed by atoms with Crippen LogP contribution in [-0.4, -0.2) is 49.1 Å². The van der Waals surface area contributed by atoms with Gasteiger partial charge in [-0.25, -0.2) is 4.39 Å². The second-order valence-corrected chi connectivity index (χ2v) is 9.64. The first-order chi connectivity index (χ1) is 16.8. The first-order valence-corrected chi connectivity index (χ1v) is 12.2. The minimum atomic E-state index is -0.379. The Morgan fingerprint density at radius 2 is 1.94 bits per heavy atom. The number of nitrogens with zero attached hydrogens (tertiary/aromatic N) is 1. The number of amides is 1. The van der Waals surface area contributed by atoms with Crippen LogP contribution in [0.15, 0.2) is 72.3 Å². The number of allylic oxidation sites excluding steroid dienone is 2. The van der Waals surface area contributed by atoms with Gasteiger partial charge in [0.2, 0.25) is 0 Å². The molecule has 2 aromatic rings. The molecule has 2 aromatic carbocycles. The molecule has 0 unspecified atom stereocenters. The van der Waals surface area contributed by atoms with Crippen LogP contribution in [0.1, 0.15) is 43.0 Å². The number of likely N-dealkylation sites (tertiary alicyclic amines) is 1. The molecule has 184 valence electrons. The number of carbonyl (C=O) groups is 2. The third kappa shape index (κ3) is 6.06. The highest BCUT2D eigenvalue weighted by Gasteiger charge is 2.38. The molecule has 35 heavy (non-hydrogen) atoms. The van der Waals surface area contributed by atoms with Crippen molar-refractivity contribution in [3.8, 4) is 11.1 Å². The van der Waals surface area contributed by atoms with Gasteiger partial charge in [0.15, 0.2) is 0 Å². The van der Waals surface area contributed by atoms with Crippen LogP contribution < -0.4 is 5.32 Å². The van der Waals surface area contributed by atoms with Crippen molar-refractivity contribution in [1.29, 1.82) is 0 Å². The SMILES string of the molecule is C=C(C)[C@@H]1CC=C(CN2C[C@H](NC(=O)c3cccc(-c4ccc(F)cc4)c3)C[C@H]2C(=O)OC)CC1. The summed E-state index contributed by atoms with van der Waals surface area (Å²) in [5.41, 5.74) is 4.76. The van der Waals surface area contributed by atoms with Crippen molar-refractivity contribution >= 4 is 11.9 Å². The lowest BCUT2D eigenvalue weighted by Gasteiger charge is -2.27. The quantitative estimate of drug-likeness (QED) is 0.444. The van der Waals surface area contributed by atoms with Gasteiger partial charge in [0, 0.05) is 24.7 Å². The van der Waals surface area contributed by atoms with Crippen molar-refractivity contribution in [2.24, 2.45) is 5.92 Å². The van der Waals surface area contributed by atoms with E-state index in [9.17, 15) is 14.0 Å². The lowest BCUT2D eigenvalue weighted by atomic mass is 9.85. The second-order valence-electron chi connectivity index (χ2n) is 9.64. The molecule has 5 nitrogen and oxygen atoms in total. The fourth-order valence-electron chi connectivity index (χ4n) is 5.06. The molecule has 0 saturated carbocycles. The molecule has 1 fully saturated rings. The van der Waals surface area contributed by atoms with Crippen LogP contribution in [0.4, 0.5) is 4.39 Å². The van der Waals surface area contributed by atoms with Gasteiger partial charge in [0.1, 0.15) is 11.9 Å². The minimum absolute atomic E-state index is 0.159. The van der Waals surface area contributed by atoms with Gasteiger partial charge >= 0.3 is 5.97 Å². The van der Waals surface area contributed by atoms with Gasteiger partial charge in [0.05, 0.1) is 7.11 Å². The second kappa shape index (κ2) is 11.0. The molecular weight excluding hydrogens is 443 g/mol. The lowest BCUT2D eigenvalue weighted by Crippen LogP contribution is -2.39. The third-order valence-corrected chi connectivity index (χ3v) is 7.12. The number of benzene rings is 2. The summed E-state index contributed by atoms with van der Waals surface area (Å²) in [6.45, 7) is 7.46. The summed E-state index contributed by atoms with van der Waals surface area (Å²) in [6, 6.07) is 12.9. The Bertz CT molecular complexity index is 1130. The van der Waals surface area contributed by atoms with Crippen molar-refractivity contribution < 1.29 is 18.7 Å². The summed E-state index contributed by atoms with van der Waals surface area (Å²) in [7, 11) is 1.41. The van der Waals surface area contributed by atoms with E-state index in [0.717, 1.165) is 30.4 Å². The zero-order valence-electron chi connectivity index (χ0n) is 20.4. The van der Waals surface area contributed by atoms with E-state index in [1.807, 2.05) is 12.1 Å². The Morgan fingerprint density at radius 3 is 2.60 bits per heavy atom. The highest BCUT2D eigenvalue weighted by atomic mass is 19.1. The summed E-state index contributed by atoms with van der Waals surface area (Å²) in [4.78, 5) is 27.7. The average molecular weight is 477 g/mol. The van der Waals surface area contributed by atoms with Crippen molar-refractivity contribution in [2.75, 3.05) is 20.2 Å². The number of esters is 1. The van der Waals surface area contributed by atoms with Crippen LogP contribution in [-0.2, 0) is 9.53 Å². The number of carbonyl (C=O) groups excluding carboxylic acids is 2. The molecule has 0 radical (unpaired) electrons. The van der Waals surface area contributed by atoms with E-state index >= 15 is 0 Å². The van der Waals surface area contributed by atoms with E-state index in [4.69, 9.17) is 4.74 Å². The number of methoxy groups -OCH3 is 1. The van der Waals surface area contributed by atoms with E-state index in [0.29, 0.717) is 31.0 Å². The predicted octanol–water partition coefficient (Wildman–Crippen LogP) is 5.14. The van der Waals surface area contributed by atoms with Crippen molar-refractivity contribution in [3.63, 3.8) is 0 Å². The molecule has 1 amide bonds. The summed E-state index contributed by atoms with van der Waals surface area (Å²) in [5.74, 6) is -0.221. The molecule has 1 saturated heterocycles. The number of hydrogen-bond donors (Lipinski definition) is 1. The van der Waals surface area contributed by atoms with Crippen LogP contribution in [0.25, 0.3) is 11.1 Å². The zero-order valence-corrected chi connectivity index (χ0v) is 20.4. The lowest BCUT2D eigenvalue weighted by molar-refractivity contribution is -0.145. The maximum absolute atomic E-state index is 13.3. The highest BCUT2D eigenvalue weighted by molar-refractivity contribution is 5.95. The molecular formula is C29H33FN2O3. The van der Waals surface area contributed by atoms with Crippen LogP contribution >= 0.6 is 0 Å². The summed E-state index contributed by atoms with van der Waals surface area (Å²) in [5, 5.41) is 3.10. The van der Waals surface area contributed by atoms with E-state index in [2.05, 4.69) is 29.8 Å². The number of hydrogen-bond acceptors (Lipinski definition) is 4. The Balaban J connectivity index is 1.42. The molecule has 0 spiro atoms. The van der Waals surface area contributed by atoms with Crippen LogP contribution in [0.5, 0.6) is 0 Å². The topological polar surface area (TPSA) is 58.6 Å². The largest absolute Gasteiger partial charge is 0.468 e. The molecule has 6 heteroatoms. The number of halogens is 1. The van der Waals surface area contributed by atoms with E-state index < -0.39 is 0 Å². The van der Waals surface area contributed by atoms with Gasteiger partial charge < -0.3 is 10.1 Å². The monoisotopic (exact) mass is 476 g/mol. The van der Waals surface area contributed by atoms with Gasteiger partial charge in [-0.2, -0.15) is 0 Å². The number of nitrogens with one attached hydrogen (secondary N) is 1. The molecule has 0 bridgehead atoms. The van der Waals surface area contributed by atoms with E-state index in [1.54, 1.807) is 24.3 Å². The van der Waals surface area contributed by atoms with Crippen molar-refractivity contribution in [2.45, 2.75) is 44.7 Å². The Hall–Kier alpha value is -3.25. The smallest absolute Gasteiger partial charge is 0.323 e. The van der Waals surface area contributed by atoms with Gasteiger partial charge in [-0.15, -0.1) is 0 Å². The van der Waals surface area contributed by atoms with E-state index in [1.165, 1.54) is 30.4 Å². The fraction of sp³-hybridized carbons (Fsp3) is 0.379. The minimum Gasteiger partial charge on any atom is -0.468 e. The zero-order chi connectivity index (χ0) is 24.9. The fourth-order valence-corrected chi connectivity index (χ4v) is 5.06. The molecule has 1 aliphatic carbocycles. The Kier molecular flexibility index (Phi) is 7.81. The highest BCUT2D eigenvalue weighted by Crippen LogP contribution is 2.30. The number of rotatable bonds is 7. The Labute approximate surface area is 206 Å². The number of ether oxygens (including phenoxy) is 1. The molecule has 1 aliphatic heterocycles. The predicted molar refractivity (Wildman–Crippen MR) is 135 cm³/mol. The first-order valence-electron chi connectivity index (χ1n) is 12.2. The van der Waals surface area contributed by atoms with E-state index in [-0.39, 0.29) is 29.8 Å². The normalized spacial score (nSPS) is 22.4. The first kappa shape index (κ1) is 24.9. The van der Waals surface area contributed by atoms with Crippen molar-refractivity contribution in [1.82, 2.24) is 10.2 Å². The van der Waals surface area contributed by atoms with Crippen molar-refractivity contribution in [3.05, 3.63) is 83.7 Å². The molecule has 1 N–H and O–H groups in total. The Morgan fingerprint density at radius 1 is 1.17 bits per heavy atom. The maximum atomic E-state index is 13.3. The van der Waals surface area contributed by atoms with Crippen LogP contribution in [0.2, 0.25) is 0 Å². The van der Waals surface area contributed by atoms with Crippen LogP contribution in [0, 0.1) is 11.7 Å².